The van der Waals surface area contributed by atoms with Gasteiger partial charge in [-0.05, 0) is 36.6 Å². The van der Waals surface area contributed by atoms with Gasteiger partial charge in [0, 0.05) is 5.75 Å². The zero-order chi connectivity index (χ0) is 15.2. The number of hydrogen-bond donors (Lipinski definition) is 1. The van der Waals surface area contributed by atoms with Gasteiger partial charge in [0.2, 0.25) is 5.91 Å². The van der Waals surface area contributed by atoms with E-state index in [1.54, 1.807) is 11.8 Å². The molecule has 0 fully saturated rings. The summed E-state index contributed by atoms with van der Waals surface area (Å²) in [5.41, 5.74) is 4.02. The topological polar surface area (TPSA) is 29.1 Å². The first kappa shape index (κ1) is 15.9. The monoisotopic (exact) mass is 319 g/mol. The van der Waals surface area contributed by atoms with Gasteiger partial charge in [-0.15, -0.1) is 11.8 Å². The van der Waals surface area contributed by atoms with E-state index in [2.05, 4.69) is 17.4 Å². The van der Waals surface area contributed by atoms with Crippen LogP contribution in [0.1, 0.15) is 16.7 Å². The molecule has 0 aromatic heterocycles. The Kier molecular flexibility index (Phi) is 5.71. The summed E-state index contributed by atoms with van der Waals surface area (Å²) >= 11 is 7.78. The van der Waals surface area contributed by atoms with Crippen molar-refractivity contribution in [3.05, 3.63) is 64.2 Å². The summed E-state index contributed by atoms with van der Waals surface area (Å²) in [5.74, 6) is 1.22. The fourth-order valence-corrected chi connectivity index (χ4v) is 3.24. The maximum Gasteiger partial charge on any atom is 0.234 e. The Balaban J connectivity index is 1.88. The molecule has 2 aromatic rings. The molecule has 0 aliphatic heterocycles. The number of aryl methyl sites for hydroxylation is 2. The minimum Gasteiger partial charge on any atom is -0.324 e. The molecule has 4 heteroatoms. The van der Waals surface area contributed by atoms with E-state index in [0.717, 1.165) is 16.9 Å². The maximum absolute atomic E-state index is 12.0. The van der Waals surface area contributed by atoms with Crippen molar-refractivity contribution < 1.29 is 4.79 Å². The average Bonchev–Trinajstić information content (AvgIpc) is 2.44. The van der Waals surface area contributed by atoms with E-state index in [1.165, 1.54) is 5.56 Å². The molecule has 0 heterocycles. The summed E-state index contributed by atoms with van der Waals surface area (Å²) < 4.78 is 0. The molecule has 0 saturated heterocycles. The second-order valence-corrected chi connectivity index (χ2v) is 6.36. The van der Waals surface area contributed by atoms with E-state index in [0.29, 0.717) is 16.5 Å². The molecule has 0 bridgehead atoms. The Morgan fingerprint density at radius 3 is 2.57 bits per heavy atom. The molecule has 0 aliphatic carbocycles. The predicted molar refractivity (Wildman–Crippen MR) is 92.2 cm³/mol. The number of hydrogen-bond acceptors (Lipinski definition) is 2. The van der Waals surface area contributed by atoms with Crippen molar-refractivity contribution >= 4 is 35.0 Å². The Bertz CT molecular complexity index is 605. The molecule has 1 amide bonds. The van der Waals surface area contributed by atoms with Gasteiger partial charge < -0.3 is 5.32 Å². The fourth-order valence-electron chi connectivity index (χ4n) is 2.09. The highest BCUT2D eigenvalue weighted by atomic mass is 35.5. The van der Waals surface area contributed by atoms with E-state index in [-0.39, 0.29) is 5.91 Å². The highest BCUT2D eigenvalue weighted by Gasteiger charge is 2.09. The number of thioether (sulfide) groups is 1. The van der Waals surface area contributed by atoms with Gasteiger partial charge in [0.25, 0.3) is 0 Å². The normalized spacial score (nSPS) is 10.4. The number of anilines is 1. The third-order valence-electron chi connectivity index (χ3n) is 3.04. The summed E-state index contributed by atoms with van der Waals surface area (Å²) in [6.07, 6.45) is 0. The molecule has 0 atom stereocenters. The molecule has 1 N–H and O–H groups in total. The first-order chi connectivity index (χ1) is 10.1. The lowest BCUT2D eigenvalue weighted by atomic mass is 10.1. The maximum atomic E-state index is 12.0. The molecule has 2 rings (SSSR count). The summed E-state index contributed by atoms with van der Waals surface area (Å²) in [6.45, 7) is 3.94. The minimum atomic E-state index is -0.0233. The third-order valence-corrected chi connectivity index (χ3v) is 4.34. The van der Waals surface area contributed by atoms with E-state index < -0.39 is 0 Å². The van der Waals surface area contributed by atoms with Crippen molar-refractivity contribution in [2.45, 2.75) is 19.6 Å². The second-order valence-electron chi connectivity index (χ2n) is 4.97. The number of carbonyl (C=O) groups is 1. The lowest BCUT2D eigenvalue weighted by molar-refractivity contribution is -0.113. The number of rotatable bonds is 5. The highest BCUT2D eigenvalue weighted by Crippen LogP contribution is 2.27. The largest absolute Gasteiger partial charge is 0.324 e. The molecule has 0 saturated carbocycles. The van der Waals surface area contributed by atoms with Crippen LogP contribution in [0, 0.1) is 13.8 Å². The average molecular weight is 320 g/mol. The van der Waals surface area contributed by atoms with Gasteiger partial charge in [0.15, 0.2) is 0 Å². The zero-order valence-electron chi connectivity index (χ0n) is 12.2. The fraction of sp³-hybridized carbons (Fsp3) is 0.235. The smallest absolute Gasteiger partial charge is 0.234 e. The van der Waals surface area contributed by atoms with Crippen LogP contribution < -0.4 is 5.32 Å². The van der Waals surface area contributed by atoms with E-state index in [1.807, 2.05) is 44.2 Å². The lowest BCUT2D eigenvalue weighted by Crippen LogP contribution is -2.15. The second kappa shape index (κ2) is 7.53. The molecule has 2 nitrogen and oxygen atoms in total. The Morgan fingerprint density at radius 1 is 1.19 bits per heavy atom. The van der Waals surface area contributed by atoms with E-state index in [9.17, 15) is 4.79 Å². The van der Waals surface area contributed by atoms with Crippen LogP contribution in [0.2, 0.25) is 5.02 Å². The lowest BCUT2D eigenvalue weighted by Gasteiger charge is -2.11. The van der Waals surface area contributed by atoms with Gasteiger partial charge in [-0.25, -0.2) is 0 Å². The van der Waals surface area contributed by atoms with Crippen molar-refractivity contribution in [2.24, 2.45) is 0 Å². The molecule has 21 heavy (non-hydrogen) atoms. The van der Waals surface area contributed by atoms with Crippen molar-refractivity contribution in [1.82, 2.24) is 0 Å². The predicted octanol–water partition coefficient (Wildman–Crippen LogP) is 4.83. The van der Waals surface area contributed by atoms with Gasteiger partial charge in [-0.2, -0.15) is 0 Å². The van der Waals surface area contributed by atoms with E-state index in [4.69, 9.17) is 11.6 Å². The van der Waals surface area contributed by atoms with Crippen molar-refractivity contribution in [2.75, 3.05) is 11.1 Å². The highest BCUT2D eigenvalue weighted by molar-refractivity contribution is 7.99. The number of nitrogens with one attached hydrogen (secondary N) is 1. The zero-order valence-corrected chi connectivity index (χ0v) is 13.7. The van der Waals surface area contributed by atoms with Gasteiger partial charge in [-0.3, -0.25) is 4.79 Å². The molecule has 0 spiro atoms. The SMILES string of the molecule is Cc1cc(C)c(NC(=O)CSCc2ccccc2)c(Cl)c1. The first-order valence-corrected chi connectivity index (χ1v) is 8.28. The standard InChI is InChI=1S/C17H18ClNOS/c1-12-8-13(2)17(15(18)9-12)19-16(20)11-21-10-14-6-4-3-5-7-14/h3-9H,10-11H2,1-2H3,(H,19,20). The molecular formula is C17H18ClNOS. The molecule has 0 radical (unpaired) electrons. The molecule has 110 valence electrons. The van der Waals surface area contributed by atoms with Crippen LogP contribution in [0.15, 0.2) is 42.5 Å². The first-order valence-electron chi connectivity index (χ1n) is 6.74. The van der Waals surface area contributed by atoms with Crippen LogP contribution >= 0.6 is 23.4 Å². The molecule has 0 unspecified atom stereocenters. The van der Waals surface area contributed by atoms with E-state index >= 15 is 0 Å². The minimum absolute atomic E-state index is 0.0233. The number of amides is 1. The number of halogens is 1. The van der Waals surface area contributed by atoms with Gasteiger partial charge >= 0.3 is 0 Å². The third kappa shape index (κ3) is 4.80. The van der Waals surface area contributed by atoms with Crippen LogP contribution in [-0.2, 0) is 10.5 Å². The Labute approximate surface area is 134 Å². The summed E-state index contributed by atoms with van der Waals surface area (Å²) in [7, 11) is 0. The molecular weight excluding hydrogens is 302 g/mol. The summed E-state index contributed by atoms with van der Waals surface area (Å²) in [6, 6.07) is 14.0. The Morgan fingerprint density at radius 2 is 1.90 bits per heavy atom. The van der Waals surface area contributed by atoms with Crippen LogP contribution in [0.25, 0.3) is 0 Å². The number of carbonyl (C=O) groups excluding carboxylic acids is 1. The van der Waals surface area contributed by atoms with Crippen LogP contribution in [0.5, 0.6) is 0 Å². The number of benzene rings is 2. The van der Waals surface area contributed by atoms with Crippen molar-refractivity contribution in [3.63, 3.8) is 0 Å². The quantitative estimate of drug-likeness (QED) is 0.855. The molecule has 2 aromatic carbocycles. The van der Waals surface area contributed by atoms with Gasteiger partial charge in [0.05, 0.1) is 16.5 Å². The van der Waals surface area contributed by atoms with Crippen LogP contribution in [-0.4, -0.2) is 11.7 Å². The summed E-state index contributed by atoms with van der Waals surface area (Å²) in [4.78, 5) is 12.0. The van der Waals surface area contributed by atoms with Gasteiger partial charge in [-0.1, -0.05) is 48.0 Å². The molecule has 0 aliphatic rings. The van der Waals surface area contributed by atoms with Gasteiger partial charge in [0.1, 0.15) is 0 Å². The van der Waals surface area contributed by atoms with Crippen molar-refractivity contribution in [3.8, 4) is 0 Å². The Hall–Kier alpha value is -1.45. The van der Waals surface area contributed by atoms with Crippen LogP contribution in [0.3, 0.4) is 0 Å². The summed E-state index contributed by atoms with van der Waals surface area (Å²) in [5, 5.41) is 3.49. The van der Waals surface area contributed by atoms with Crippen LogP contribution in [0.4, 0.5) is 5.69 Å². The van der Waals surface area contributed by atoms with Crippen molar-refractivity contribution in [1.29, 1.82) is 0 Å².